The number of benzene rings is 2. The molecule has 1 heterocycles. The topological polar surface area (TPSA) is 56.4 Å². The van der Waals surface area contributed by atoms with Gasteiger partial charge in [0.1, 0.15) is 5.82 Å². The minimum atomic E-state index is -0.328. The van der Waals surface area contributed by atoms with Crippen molar-refractivity contribution in [2.24, 2.45) is 0 Å². The van der Waals surface area contributed by atoms with Crippen molar-refractivity contribution in [3.63, 3.8) is 0 Å². The number of nitrogens with zero attached hydrogens (tertiary/aromatic N) is 1. The molecule has 1 aliphatic rings. The average Bonchev–Trinajstić information content (AvgIpc) is 3.01. The number of hydrogen-bond donors (Lipinski definition) is 3. The number of amides is 1. The van der Waals surface area contributed by atoms with Crippen LogP contribution in [-0.2, 0) is 4.79 Å². The smallest absolute Gasteiger partial charge is 0.257 e. The van der Waals surface area contributed by atoms with Crippen molar-refractivity contribution < 1.29 is 9.18 Å². The van der Waals surface area contributed by atoms with Crippen LogP contribution in [-0.4, -0.2) is 36.5 Å². The van der Waals surface area contributed by atoms with Crippen LogP contribution in [0.1, 0.15) is 26.3 Å². The highest BCUT2D eigenvalue weighted by Crippen LogP contribution is 2.31. The first-order valence-corrected chi connectivity index (χ1v) is 9.67. The zero-order valence-corrected chi connectivity index (χ0v) is 16.6. The Balaban J connectivity index is 1.67. The van der Waals surface area contributed by atoms with Crippen molar-refractivity contribution in [2.75, 3.05) is 35.6 Å². The number of anilines is 3. The van der Waals surface area contributed by atoms with Crippen LogP contribution in [0.15, 0.2) is 48.7 Å². The number of nitrogens with one attached hydrogen (secondary N) is 3. The van der Waals surface area contributed by atoms with E-state index in [1.807, 2.05) is 31.2 Å². The van der Waals surface area contributed by atoms with Gasteiger partial charge < -0.3 is 20.9 Å². The molecule has 148 valence electrons. The number of halogens is 1. The quantitative estimate of drug-likeness (QED) is 0.594. The Hall–Kier alpha value is -2.86. The summed E-state index contributed by atoms with van der Waals surface area (Å²) in [6.45, 7) is 9.08. The zero-order chi connectivity index (χ0) is 20.1. The second kappa shape index (κ2) is 8.89. The lowest BCUT2D eigenvalue weighted by Gasteiger charge is -2.24. The fraction of sp³-hybridized carbons (Fsp3) is 0.318. The van der Waals surface area contributed by atoms with E-state index < -0.39 is 0 Å². The van der Waals surface area contributed by atoms with Gasteiger partial charge >= 0.3 is 0 Å². The fourth-order valence-corrected chi connectivity index (χ4v) is 3.34. The lowest BCUT2D eigenvalue weighted by atomic mass is 10.1. The molecule has 3 N–H and O–H groups in total. The van der Waals surface area contributed by atoms with Crippen LogP contribution in [0.2, 0.25) is 0 Å². The number of rotatable bonds is 8. The van der Waals surface area contributed by atoms with Gasteiger partial charge in [0.25, 0.3) is 5.91 Å². The molecule has 0 spiro atoms. The summed E-state index contributed by atoms with van der Waals surface area (Å²) in [6, 6.07) is 12.6. The van der Waals surface area contributed by atoms with Crippen LogP contribution in [0, 0.1) is 5.82 Å². The first-order valence-electron chi connectivity index (χ1n) is 9.67. The number of likely N-dealkylation sites (N-methyl/N-ethyl adjacent to an activating group) is 1. The predicted molar refractivity (Wildman–Crippen MR) is 114 cm³/mol. The molecule has 0 radical (unpaired) electrons. The molecular formula is C22H27FN4O. The van der Waals surface area contributed by atoms with Crippen LogP contribution in [0.3, 0.4) is 0 Å². The number of para-hydroxylation sites is 1. The Labute approximate surface area is 165 Å². The maximum atomic E-state index is 14.5. The van der Waals surface area contributed by atoms with E-state index >= 15 is 0 Å². The largest absolute Gasteiger partial charge is 0.379 e. The number of carbonyl (C=O) groups is 1. The SMILES string of the molecule is CCN(CC)CC(C)Nc1ccc(N/C=C2/C(=O)Nc3ccccc32)cc1F. The van der Waals surface area contributed by atoms with Crippen LogP contribution >= 0.6 is 0 Å². The molecule has 1 amide bonds. The molecule has 5 nitrogen and oxygen atoms in total. The maximum Gasteiger partial charge on any atom is 0.257 e. The molecule has 1 unspecified atom stereocenters. The normalized spacial score (nSPS) is 15.5. The minimum Gasteiger partial charge on any atom is -0.379 e. The molecule has 1 aliphatic heterocycles. The van der Waals surface area contributed by atoms with E-state index in [-0.39, 0.29) is 17.8 Å². The van der Waals surface area contributed by atoms with Gasteiger partial charge in [0.05, 0.1) is 11.3 Å². The first-order chi connectivity index (χ1) is 13.5. The molecule has 3 rings (SSSR count). The number of hydrogen-bond acceptors (Lipinski definition) is 4. The standard InChI is InChI=1S/C22H27FN4O/c1-4-27(5-2)14-15(3)25-21-11-10-16(12-19(21)23)24-13-18-17-8-6-7-9-20(17)26-22(18)28/h6-13,15,24-25H,4-5,14H2,1-3H3,(H,26,28)/b18-13+. The van der Waals surface area contributed by atoms with E-state index in [0.29, 0.717) is 16.9 Å². The van der Waals surface area contributed by atoms with Crippen molar-refractivity contribution in [1.29, 1.82) is 0 Å². The Bertz CT molecular complexity index is 877. The zero-order valence-electron chi connectivity index (χ0n) is 16.6. The van der Waals surface area contributed by atoms with Gasteiger partial charge in [0.15, 0.2) is 0 Å². The molecule has 0 aliphatic carbocycles. The lowest BCUT2D eigenvalue weighted by molar-refractivity contribution is -0.110. The molecule has 0 saturated heterocycles. The van der Waals surface area contributed by atoms with Gasteiger partial charge in [-0.15, -0.1) is 0 Å². The van der Waals surface area contributed by atoms with Gasteiger partial charge in [-0.1, -0.05) is 32.0 Å². The summed E-state index contributed by atoms with van der Waals surface area (Å²) in [6.07, 6.45) is 1.62. The highest BCUT2D eigenvalue weighted by molar-refractivity contribution is 6.31. The van der Waals surface area contributed by atoms with E-state index in [1.165, 1.54) is 6.07 Å². The molecule has 6 heteroatoms. The van der Waals surface area contributed by atoms with Crippen molar-refractivity contribution in [2.45, 2.75) is 26.8 Å². The Kier molecular flexibility index (Phi) is 6.31. The van der Waals surface area contributed by atoms with Crippen LogP contribution in [0.4, 0.5) is 21.5 Å². The second-order valence-electron chi connectivity index (χ2n) is 6.93. The van der Waals surface area contributed by atoms with Crippen molar-refractivity contribution >= 4 is 28.5 Å². The molecule has 2 aromatic rings. The second-order valence-corrected chi connectivity index (χ2v) is 6.93. The van der Waals surface area contributed by atoms with Gasteiger partial charge in [-0.25, -0.2) is 4.39 Å². The van der Waals surface area contributed by atoms with E-state index in [1.54, 1.807) is 18.3 Å². The molecule has 0 aromatic heterocycles. The monoisotopic (exact) mass is 382 g/mol. The fourth-order valence-electron chi connectivity index (χ4n) is 3.34. The van der Waals surface area contributed by atoms with E-state index in [9.17, 15) is 9.18 Å². The molecule has 0 saturated carbocycles. The Morgan fingerprint density at radius 2 is 1.93 bits per heavy atom. The van der Waals surface area contributed by atoms with Crippen molar-refractivity contribution in [1.82, 2.24) is 4.90 Å². The number of carbonyl (C=O) groups excluding carboxylic acids is 1. The van der Waals surface area contributed by atoms with Gasteiger partial charge in [0.2, 0.25) is 0 Å². The number of fused-ring (bicyclic) bond motifs is 1. The molecular weight excluding hydrogens is 355 g/mol. The summed E-state index contributed by atoms with van der Waals surface area (Å²) < 4.78 is 14.5. The van der Waals surface area contributed by atoms with Crippen LogP contribution in [0.25, 0.3) is 5.57 Å². The Morgan fingerprint density at radius 1 is 1.18 bits per heavy atom. The Morgan fingerprint density at radius 3 is 2.64 bits per heavy atom. The third-order valence-corrected chi connectivity index (χ3v) is 4.89. The molecule has 0 fully saturated rings. The van der Waals surface area contributed by atoms with E-state index in [2.05, 4.69) is 34.7 Å². The summed E-state index contributed by atoms with van der Waals surface area (Å²) in [5.74, 6) is -0.497. The summed E-state index contributed by atoms with van der Waals surface area (Å²) in [4.78, 5) is 14.4. The van der Waals surface area contributed by atoms with E-state index in [0.717, 1.165) is 30.9 Å². The first kappa shape index (κ1) is 19.9. The van der Waals surface area contributed by atoms with E-state index in [4.69, 9.17) is 0 Å². The van der Waals surface area contributed by atoms with Crippen molar-refractivity contribution in [3.05, 3.63) is 60.0 Å². The molecule has 2 aromatic carbocycles. The van der Waals surface area contributed by atoms with Gasteiger partial charge in [0, 0.05) is 35.7 Å². The van der Waals surface area contributed by atoms with Gasteiger partial charge in [-0.3, -0.25) is 4.79 Å². The van der Waals surface area contributed by atoms with Crippen molar-refractivity contribution in [3.8, 4) is 0 Å². The van der Waals surface area contributed by atoms with Crippen LogP contribution < -0.4 is 16.0 Å². The third kappa shape index (κ3) is 4.51. The average molecular weight is 382 g/mol. The summed E-state index contributed by atoms with van der Waals surface area (Å²) in [5.41, 5.74) is 3.22. The maximum absolute atomic E-state index is 14.5. The third-order valence-electron chi connectivity index (χ3n) is 4.89. The predicted octanol–water partition coefficient (Wildman–Crippen LogP) is 4.37. The highest BCUT2D eigenvalue weighted by Gasteiger charge is 2.23. The summed E-state index contributed by atoms with van der Waals surface area (Å²) in [7, 11) is 0. The molecule has 28 heavy (non-hydrogen) atoms. The van der Waals surface area contributed by atoms with Gasteiger partial charge in [-0.2, -0.15) is 0 Å². The van der Waals surface area contributed by atoms with Crippen LogP contribution in [0.5, 0.6) is 0 Å². The molecule has 1 atom stereocenters. The summed E-state index contributed by atoms with van der Waals surface area (Å²) in [5, 5.41) is 9.08. The minimum absolute atomic E-state index is 0.133. The summed E-state index contributed by atoms with van der Waals surface area (Å²) >= 11 is 0. The molecule has 0 bridgehead atoms. The highest BCUT2D eigenvalue weighted by atomic mass is 19.1. The lowest BCUT2D eigenvalue weighted by Crippen LogP contribution is -2.34. The van der Waals surface area contributed by atoms with Gasteiger partial charge in [-0.05, 0) is 44.3 Å².